The number of hydrogen-bond donors (Lipinski definition) is 1. The number of benzene rings is 1. The van der Waals surface area contributed by atoms with Crippen molar-refractivity contribution in [3.8, 4) is 0 Å². The number of amides is 3. The Labute approximate surface area is 142 Å². The normalized spacial score (nSPS) is 19.5. The average molecular weight is 328 g/mol. The van der Waals surface area contributed by atoms with Crippen molar-refractivity contribution >= 4 is 17.7 Å². The van der Waals surface area contributed by atoms with Crippen LogP contribution in [0.15, 0.2) is 24.3 Å². The van der Waals surface area contributed by atoms with Gasteiger partial charge in [0.2, 0.25) is 5.91 Å². The lowest BCUT2D eigenvalue weighted by Gasteiger charge is -2.31. The number of hydrogen-bond acceptors (Lipinski definition) is 3. The summed E-state index contributed by atoms with van der Waals surface area (Å²) in [6.07, 6.45) is 5.38. The molecule has 0 aromatic heterocycles. The second-order valence-electron chi connectivity index (χ2n) is 7.06. The zero-order valence-corrected chi connectivity index (χ0v) is 14.2. The van der Waals surface area contributed by atoms with Gasteiger partial charge in [0.1, 0.15) is 6.04 Å². The summed E-state index contributed by atoms with van der Waals surface area (Å²) >= 11 is 0. The lowest BCUT2D eigenvalue weighted by atomic mass is 9.94. The lowest BCUT2D eigenvalue weighted by molar-refractivity contribution is -0.127. The number of fused-ring (bicyclic) bond motifs is 1. The molecule has 1 aliphatic heterocycles. The largest absolute Gasteiger partial charge is 0.352 e. The Morgan fingerprint density at radius 3 is 2.08 bits per heavy atom. The Hall–Kier alpha value is -2.17. The highest BCUT2D eigenvalue weighted by atomic mass is 16.2. The molecule has 1 aromatic carbocycles. The van der Waals surface area contributed by atoms with E-state index in [1.165, 1.54) is 6.42 Å². The second kappa shape index (κ2) is 6.75. The van der Waals surface area contributed by atoms with Crippen LogP contribution in [-0.2, 0) is 4.79 Å². The summed E-state index contributed by atoms with van der Waals surface area (Å²) in [6.45, 7) is 3.74. The Balaban J connectivity index is 1.82. The SMILES string of the molecule is CC(C)[C@H](C(=O)NC1CCCCC1)N1C(=O)c2ccccc2C1=O. The predicted molar refractivity (Wildman–Crippen MR) is 90.6 cm³/mol. The van der Waals surface area contributed by atoms with Crippen molar-refractivity contribution in [3.63, 3.8) is 0 Å². The zero-order chi connectivity index (χ0) is 17.3. The van der Waals surface area contributed by atoms with Crippen LogP contribution in [0, 0.1) is 5.92 Å². The molecule has 1 heterocycles. The molecule has 1 N–H and O–H groups in total. The van der Waals surface area contributed by atoms with Gasteiger partial charge in [0, 0.05) is 6.04 Å². The quantitative estimate of drug-likeness (QED) is 0.864. The first-order chi connectivity index (χ1) is 11.5. The van der Waals surface area contributed by atoms with E-state index < -0.39 is 6.04 Å². The van der Waals surface area contributed by atoms with E-state index in [-0.39, 0.29) is 29.7 Å². The maximum atomic E-state index is 12.8. The molecular weight excluding hydrogens is 304 g/mol. The molecule has 24 heavy (non-hydrogen) atoms. The lowest BCUT2D eigenvalue weighted by Crippen LogP contribution is -2.54. The van der Waals surface area contributed by atoms with Crippen molar-refractivity contribution in [2.45, 2.75) is 58.0 Å². The van der Waals surface area contributed by atoms with Crippen LogP contribution in [0.3, 0.4) is 0 Å². The van der Waals surface area contributed by atoms with Gasteiger partial charge >= 0.3 is 0 Å². The molecule has 3 rings (SSSR count). The second-order valence-corrected chi connectivity index (χ2v) is 7.06. The molecule has 1 fully saturated rings. The van der Waals surface area contributed by atoms with Crippen LogP contribution in [0.1, 0.15) is 66.7 Å². The molecule has 0 bridgehead atoms. The van der Waals surface area contributed by atoms with E-state index in [2.05, 4.69) is 5.32 Å². The molecular formula is C19H24N2O3. The van der Waals surface area contributed by atoms with E-state index in [1.807, 2.05) is 13.8 Å². The maximum absolute atomic E-state index is 12.8. The van der Waals surface area contributed by atoms with Crippen LogP contribution in [0.4, 0.5) is 0 Å². The zero-order valence-electron chi connectivity index (χ0n) is 14.2. The van der Waals surface area contributed by atoms with E-state index in [0.29, 0.717) is 11.1 Å². The summed E-state index contributed by atoms with van der Waals surface area (Å²) in [4.78, 5) is 39.3. The monoisotopic (exact) mass is 328 g/mol. The first kappa shape index (κ1) is 16.7. The topological polar surface area (TPSA) is 66.5 Å². The van der Waals surface area contributed by atoms with Crippen molar-refractivity contribution in [2.75, 3.05) is 0 Å². The standard InChI is InChI=1S/C19H24N2O3/c1-12(2)16(17(22)20-13-8-4-3-5-9-13)21-18(23)14-10-6-7-11-15(14)19(21)24/h6-7,10-13,16H,3-5,8-9H2,1-2H3,(H,20,22)/t16-/m1/s1. The minimum atomic E-state index is -0.765. The Bertz CT molecular complexity index is 627. The molecule has 1 aromatic rings. The molecule has 0 spiro atoms. The third-order valence-electron chi connectivity index (χ3n) is 4.96. The highest BCUT2D eigenvalue weighted by Gasteiger charge is 2.44. The number of nitrogens with zero attached hydrogens (tertiary/aromatic N) is 1. The van der Waals surface area contributed by atoms with Crippen LogP contribution in [0.5, 0.6) is 0 Å². The van der Waals surface area contributed by atoms with Gasteiger partial charge in [-0.2, -0.15) is 0 Å². The fourth-order valence-electron chi connectivity index (χ4n) is 3.71. The van der Waals surface area contributed by atoms with Crippen molar-refractivity contribution in [2.24, 2.45) is 5.92 Å². The minimum absolute atomic E-state index is 0.143. The first-order valence-corrected chi connectivity index (χ1v) is 8.78. The van der Waals surface area contributed by atoms with Crippen LogP contribution < -0.4 is 5.32 Å². The van der Waals surface area contributed by atoms with Crippen molar-refractivity contribution in [3.05, 3.63) is 35.4 Å². The van der Waals surface area contributed by atoms with Gasteiger partial charge in [0.15, 0.2) is 0 Å². The molecule has 1 atom stereocenters. The van der Waals surface area contributed by atoms with Crippen molar-refractivity contribution < 1.29 is 14.4 Å². The fourth-order valence-corrected chi connectivity index (χ4v) is 3.71. The predicted octanol–water partition coefficient (Wildman–Crippen LogP) is 2.76. The Morgan fingerprint density at radius 1 is 1.04 bits per heavy atom. The van der Waals surface area contributed by atoms with Gasteiger partial charge in [-0.3, -0.25) is 19.3 Å². The van der Waals surface area contributed by atoms with Gasteiger partial charge in [0.25, 0.3) is 11.8 Å². The van der Waals surface area contributed by atoms with Gasteiger partial charge in [-0.25, -0.2) is 0 Å². The first-order valence-electron chi connectivity index (χ1n) is 8.78. The summed E-state index contributed by atoms with van der Waals surface area (Å²) < 4.78 is 0. The van der Waals surface area contributed by atoms with E-state index in [0.717, 1.165) is 30.6 Å². The van der Waals surface area contributed by atoms with E-state index in [9.17, 15) is 14.4 Å². The molecule has 2 aliphatic rings. The molecule has 5 nitrogen and oxygen atoms in total. The highest BCUT2D eigenvalue weighted by molar-refractivity contribution is 6.22. The van der Waals surface area contributed by atoms with Crippen LogP contribution >= 0.6 is 0 Å². The van der Waals surface area contributed by atoms with Gasteiger partial charge in [-0.05, 0) is 30.9 Å². The number of rotatable bonds is 4. The van der Waals surface area contributed by atoms with Crippen LogP contribution in [0.2, 0.25) is 0 Å². The van der Waals surface area contributed by atoms with Gasteiger partial charge in [0.05, 0.1) is 11.1 Å². The van der Waals surface area contributed by atoms with Crippen LogP contribution in [0.25, 0.3) is 0 Å². The summed E-state index contributed by atoms with van der Waals surface area (Å²) in [6, 6.07) is 6.15. The third kappa shape index (κ3) is 2.95. The Morgan fingerprint density at radius 2 is 1.58 bits per heavy atom. The molecule has 1 saturated carbocycles. The Kier molecular flexibility index (Phi) is 4.69. The third-order valence-corrected chi connectivity index (χ3v) is 4.96. The van der Waals surface area contributed by atoms with Crippen molar-refractivity contribution in [1.82, 2.24) is 10.2 Å². The van der Waals surface area contributed by atoms with E-state index in [1.54, 1.807) is 24.3 Å². The molecule has 5 heteroatoms. The van der Waals surface area contributed by atoms with Gasteiger partial charge < -0.3 is 5.32 Å². The van der Waals surface area contributed by atoms with E-state index in [4.69, 9.17) is 0 Å². The molecule has 0 saturated heterocycles. The smallest absolute Gasteiger partial charge is 0.262 e. The number of carbonyl (C=O) groups is 3. The molecule has 128 valence electrons. The number of carbonyl (C=O) groups excluding carboxylic acids is 3. The number of nitrogens with one attached hydrogen (secondary N) is 1. The van der Waals surface area contributed by atoms with E-state index >= 15 is 0 Å². The average Bonchev–Trinajstić information content (AvgIpc) is 2.81. The minimum Gasteiger partial charge on any atom is -0.352 e. The number of imide groups is 1. The molecule has 0 unspecified atom stereocenters. The summed E-state index contributed by atoms with van der Waals surface area (Å²) in [5.41, 5.74) is 0.775. The highest BCUT2D eigenvalue weighted by Crippen LogP contribution is 2.27. The van der Waals surface area contributed by atoms with Gasteiger partial charge in [-0.1, -0.05) is 45.2 Å². The maximum Gasteiger partial charge on any atom is 0.262 e. The van der Waals surface area contributed by atoms with Crippen LogP contribution in [-0.4, -0.2) is 34.7 Å². The summed E-state index contributed by atoms with van der Waals surface area (Å²) in [7, 11) is 0. The fraction of sp³-hybridized carbons (Fsp3) is 0.526. The molecule has 3 amide bonds. The summed E-state index contributed by atoms with van der Waals surface area (Å²) in [5, 5.41) is 3.06. The molecule has 1 aliphatic carbocycles. The molecule has 0 radical (unpaired) electrons. The summed E-state index contributed by atoms with van der Waals surface area (Å²) in [5.74, 6) is -1.09. The van der Waals surface area contributed by atoms with Gasteiger partial charge in [-0.15, -0.1) is 0 Å². The van der Waals surface area contributed by atoms with Crippen molar-refractivity contribution in [1.29, 1.82) is 0 Å².